The summed E-state index contributed by atoms with van der Waals surface area (Å²) in [5, 5.41) is 5.97. The number of methoxy groups -OCH3 is 1. The van der Waals surface area contributed by atoms with Gasteiger partial charge in [0.25, 0.3) is 11.8 Å². The van der Waals surface area contributed by atoms with Gasteiger partial charge in [0.15, 0.2) is 0 Å². The van der Waals surface area contributed by atoms with Gasteiger partial charge in [0.2, 0.25) is 0 Å². The van der Waals surface area contributed by atoms with Crippen LogP contribution in [0.5, 0.6) is 0 Å². The van der Waals surface area contributed by atoms with Crippen molar-refractivity contribution in [2.75, 3.05) is 17.7 Å². The first kappa shape index (κ1) is 22.2. The lowest BCUT2D eigenvalue weighted by Gasteiger charge is -2.10. The lowest BCUT2D eigenvalue weighted by atomic mass is 10.1. The van der Waals surface area contributed by atoms with Gasteiger partial charge in [-0.2, -0.15) is 0 Å². The minimum atomic E-state index is -0.611. The quantitative estimate of drug-likeness (QED) is 0.534. The van der Waals surface area contributed by atoms with E-state index in [1.54, 1.807) is 19.1 Å². The third kappa shape index (κ3) is 4.51. The summed E-state index contributed by atoms with van der Waals surface area (Å²) in [4.78, 5) is 38.6. The number of ether oxygens (including phenoxy) is 1. The Morgan fingerprint density at radius 2 is 1.48 bits per heavy atom. The van der Waals surface area contributed by atoms with Crippen LogP contribution in [0.2, 0.25) is 0 Å². The molecule has 1 aromatic heterocycles. The fraction of sp³-hybridized carbons (Fsp3) is 0.208. The highest BCUT2D eigenvalue weighted by Gasteiger charge is 2.27. The number of carbonyl (C=O) groups is 3. The Balaban J connectivity index is 1.97. The highest BCUT2D eigenvalue weighted by atomic mass is 32.1. The van der Waals surface area contributed by atoms with Gasteiger partial charge in [-0.3, -0.25) is 9.59 Å². The van der Waals surface area contributed by atoms with E-state index in [0.29, 0.717) is 21.7 Å². The van der Waals surface area contributed by atoms with Crippen molar-refractivity contribution in [1.82, 2.24) is 0 Å². The molecule has 7 heteroatoms. The Morgan fingerprint density at radius 1 is 0.806 bits per heavy atom. The van der Waals surface area contributed by atoms with E-state index in [0.717, 1.165) is 28.0 Å². The highest BCUT2D eigenvalue weighted by molar-refractivity contribution is 7.19. The van der Waals surface area contributed by atoms with E-state index < -0.39 is 5.97 Å². The van der Waals surface area contributed by atoms with Crippen LogP contribution in [0.15, 0.2) is 42.5 Å². The molecule has 0 bridgehead atoms. The summed E-state index contributed by atoms with van der Waals surface area (Å²) in [6.07, 6.45) is 0. The topological polar surface area (TPSA) is 84.5 Å². The summed E-state index contributed by atoms with van der Waals surface area (Å²) in [6, 6.07) is 12.8. The maximum atomic E-state index is 13.0. The molecular weight excluding hydrogens is 412 g/mol. The molecule has 0 saturated carbocycles. The van der Waals surface area contributed by atoms with E-state index in [1.807, 2.05) is 51.1 Å². The van der Waals surface area contributed by atoms with Crippen molar-refractivity contribution in [3.63, 3.8) is 0 Å². The summed E-state index contributed by atoms with van der Waals surface area (Å²) in [7, 11) is 1.27. The number of benzene rings is 2. The zero-order valence-electron chi connectivity index (χ0n) is 18.1. The monoisotopic (exact) mass is 436 g/mol. The van der Waals surface area contributed by atoms with E-state index in [2.05, 4.69) is 10.6 Å². The van der Waals surface area contributed by atoms with Crippen LogP contribution in [-0.2, 0) is 4.74 Å². The number of hydrogen-bond acceptors (Lipinski definition) is 5. The molecule has 2 amide bonds. The largest absolute Gasteiger partial charge is 0.465 e. The van der Waals surface area contributed by atoms with Gasteiger partial charge in [-0.05, 0) is 62.1 Å². The molecule has 2 N–H and O–H groups in total. The molecule has 160 valence electrons. The van der Waals surface area contributed by atoms with Crippen molar-refractivity contribution in [2.45, 2.75) is 27.7 Å². The van der Waals surface area contributed by atoms with E-state index in [9.17, 15) is 14.4 Å². The van der Waals surface area contributed by atoms with Crippen molar-refractivity contribution >= 4 is 39.8 Å². The molecule has 0 spiro atoms. The fourth-order valence-corrected chi connectivity index (χ4v) is 4.31. The van der Waals surface area contributed by atoms with Crippen LogP contribution in [0.1, 0.15) is 52.6 Å². The number of carbonyl (C=O) groups excluding carboxylic acids is 3. The highest BCUT2D eigenvalue weighted by Crippen LogP contribution is 2.35. The molecule has 0 saturated heterocycles. The van der Waals surface area contributed by atoms with Gasteiger partial charge in [0, 0.05) is 11.3 Å². The normalized spacial score (nSPS) is 10.5. The smallest absolute Gasteiger partial charge is 0.341 e. The molecule has 0 fully saturated rings. The molecule has 0 aliphatic carbocycles. The second-order valence-corrected chi connectivity index (χ2v) is 8.24. The zero-order valence-corrected chi connectivity index (χ0v) is 18.9. The first-order valence-electron chi connectivity index (χ1n) is 9.70. The second-order valence-electron chi connectivity index (χ2n) is 7.22. The van der Waals surface area contributed by atoms with Gasteiger partial charge in [0.1, 0.15) is 5.00 Å². The first-order valence-corrected chi connectivity index (χ1v) is 10.5. The molecular formula is C24H24N2O4S. The van der Waals surface area contributed by atoms with Crippen molar-refractivity contribution in [2.24, 2.45) is 0 Å². The first-order chi connectivity index (χ1) is 14.7. The Kier molecular flexibility index (Phi) is 6.56. The number of nitrogens with one attached hydrogen (secondary N) is 2. The Bertz CT molecular complexity index is 1180. The van der Waals surface area contributed by atoms with Gasteiger partial charge in [0.05, 0.1) is 17.6 Å². The standard InChI is InChI=1S/C24H24N2O4S/c1-13-10-8-12-18(15(13)3)25-22(28)20-16(4)19(24(29)30-5)23(31-20)26-21(27)17-11-7-6-9-14(17)2/h6-12H,1-5H3,(H,25,28)(H,26,27). The van der Waals surface area contributed by atoms with Crippen molar-refractivity contribution < 1.29 is 19.1 Å². The average Bonchev–Trinajstić information content (AvgIpc) is 3.07. The van der Waals surface area contributed by atoms with E-state index in [1.165, 1.54) is 7.11 Å². The average molecular weight is 437 g/mol. The number of aryl methyl sites for hydroxylation is 2. The maximum Gasteiger partial charge on any atom is 0.341 e. The predicted molar refractivity (Wildman–Crippen MR) is 123 cm³/mol. The van der Waals surface area contributed by atoms with Crippen LogP contribution in [0.25, 0.3) is 0 Å². The molecule has 1 heterocycles. The Morgan fingerprint density at radius 3 is 2.16 bits per heavy atom. The van der Waals surface area contributed by atoms with E-state index in [4.69, 9.17) is 4.74 Å². The SMILES string of the molecule is COC(=O)c1c(NC(=O)c2ccccc2C)sc(C(=O)Nc2cccc(C)c2C)c1C. The molecule has 0 atom stereocenters. The van der Waals surface area contributed by atoms with Gasteiger partial charge < -0.3 is 15.4 Å². The molecule has 3 aromatic rings. The van der Waals surface area contributed by atoms with Crippen molar-refractivity contribution in [3.05, 3.63) is 80.7 Å². The number of hydrogen-bond donors (Lipinski definition) is 2. The molecule has 0 aliphatic heterocycles. The van der Waals surface area contributed by atoms with E-state index >= 15 is 0 Å². The zero-order chi connectivity index (χ0) is 22.7. The van der Waals surface area contributed by atoms with Crippen molar-refractivity contribution in [1.29, 1.82) is 0 Å². The third-order valence-electron chi connectivity index (χ3n) is 5.21. The number of amides is 2. The molecule has 0 radical (unpaired) electrons. The predicted octanol–water partition coefficient (Wildman–Crippen LogP) is 5.27. The fourth-order valence-electron chi connectivity index (χ4n) is 3.23. The molecule has 6 nitrogen and oxygen atoms in total. The van der Waals surface area contributed by atoms with Crippen LogP contribution in [0, 0.1) is 27.7 Å². The molecule has 0 aliphatic rings. The number of esters is 1. The van der Waals surface area contributed by atoms with Crippen LogP contribution in [0.4, 0.5) is 10.7 Å². The molecule has 0 unspecified atom stereocenters. The summed E-state index contributed by atoms with van der Waals surface area (Å²) in [5.74, 6) is -1.32. The van der Waals surface area contributed by atoms with Crippen molar-refractivity contribution in [3.8, 4) is 0 Å². The minimum absolute atomic E-state index is 0.181. The van der Waals surface area contributed by atoms with Crippen LogP contribution < -0.4 is 10.6 Å². The van der Waals surface area contributed by atoms with Gasteiger partial charge in [-0.15, -0.1) is 11.3 Å². The third-order valence-corrected chi connectivity index (χ3v) is 6.42. The van der Waals surface area contributed by atoms with Gasteiger partial charge in [-0.25, -0.2) is 4.79 Å². The lowest BCUT2D eigenvalue weighted by molar-refractivity contribution is 0.0601. The van der Waals surface area contributed by atoms with E-state index in [-0.39, 0.29) is 22.4 Å². The van der Waals surface area contributed by atoms with Crippen LogP contribution in [0.3, 0.4) is 0 Å². The number of anilines is 2. The van der Waals surface area contributed by atoms with Gasteiger partial charge >= 0.3 is 5.97 Å². The second kappa shape index (κ2) is 9.14. The minimum Gasteiger partial charge on any atom is -0.465 e. The summed E-state index contributed by atoms with van der Waals surface area (Å²) in [5.41, 5.74) is 4.66. The Hall–Kier alpha value is -3.45. The maximum absolute atomic E-state index is 13.0. The number of rotatable bonds is 5. The summed E-state index contributed by atoms with van der Waals surface area (Å²) >= 11 is 1.05. The Labute approximate surface area is 185 Å². The number of thiophene rings is 1. The van der Waals surface area contributed by atoms with Crippen LogP contribution >= 0.6 is 11.3 Å². The summed E-state index contributed by atoms with van der Waals surface area (Å²) in [6.45, 7) is 7.40. The lowest BCUT2D eigenvalue weighted by Crippen LogP contribution is -2.15. The van der Waals surface area contributed by atoms with Gasteiger partial charge in [-0.1, -0.05) is 30.3 Å². The molecule has 2 aromatic carbocycles. The summed E-state index contributed by atoms with van der Waals surface area (Å²) < 4.78 is 4.90. The van der Waals surface area contributed by atoms with Crippen LogP contribution in [-0.4, -0.2) is 24.9 Å². The molecule has 3 rings (SSSR count). The molecule has 31 heavy (non-hydrogen) atoms.